The van der Waals surface area contributed by atoms with E-state index in [1.54, 1.807) is 35.2 Å². The molecule has 1 amide bonds. The Morgan fingerprint density at radius 1 is 1.31 bits per heavy atom. The normalized spacial score (nSPS) is 12.0. The molecule has 0 saturated heterocycles. The molecule has 3 rings (SSSR count). The Morgan fingerprint density at radius 2 is 2.12 bits per heavy atom. The van der Waals surface area contributed by atoms with E-state index in [-0.39, 0.29) is 23.5 Å². The molecule has 1 N–H and O–H groups in total. The molecule has 0 aliphatic heterocycles. The topological polar surface area (TPSA) is 59.8 Å². The van der Waals surface area contributed by atoms with Gasteiger partial charge in [0.15, 0.2) is 5.16 Å². The summed E-state index contributed by atoms with van der Waals surface area (Å²) in [4.78, 5) is 12.2. The van der Waals surface area contributed by atoms with Crippen LogP contribution in [0.25, 0.3) is 5.69 Å². The lowest BCUT2D eigenvalue weighted by atomic mass is 10.1. The largest absolute Gasteiger partial charge is 0.349 e. The fourth-order valence-corrected chi connectivity index (χ4v) is 3.32. The van der Waals surface area contributed by atoms with E-state index in [0.29, 0.717) is 15.7 Å². The minimum atomic E-state index is -0.326. The third-order valence-electron chi connectivity index (χ3n) is 3.66. The van der Waals surface area contributed by atoms with Crippen LogP contribution < -0.4 is 5.32 Å². The Morgan fingerprint density at radius 3 is 2.88 bits per heavy atom. The van der Waals surface area contributed by atoms with Gasteiger partial charge in [0, 0.05) is 5.02 Å². The molecule has 1 atom stereocenters. The number of aromatic nitrogens is 3. The quantitative estimate of drug-likeness (QED) is 0.645. The lowest BCUT2D eigenvalue weighted by Gasteiger charge is -2.14. The molecular weight excluding hydrogens is 375 g/mol. The van der Waals surface area contributed by atoms with Crippen molar-refractivity contribution in [2.45, 2.75) is 18.1 Å². The van der Waals surface area contributed by atoms with Gasteiger partial charge in [0.25, 0.3) is 0 Å². The maximum Gasteiger partial charge on any atom is 0.230 e. The summed E-state index contributed by atoms with van der Waals surface area (Å²) in [6.45, 7) is 1.81. The first-order valence-corrected chi connectivity index (χ1v) is 9.23. The van der Waals surface area contributed by atoms with E-state index in [0.717, 1.165) is 5.69 Å². The highest BCUT2D eigenvalue weighted by Gasteiger charge is 2.13. The van der Waals surface area contributed by atoms with Gasteiger partial charge in [-0.15, -0.1) is 10.2 Å². The number of carbonyl (C=O) groups is 1. The minimum Gasteiger partial charge on any atom is -0.349 e. The summed E-state index contributed by atoms with van der Waals surface area (Å²) in [5, 5.41) is 12.0. The number of nitrogens with one attached hydrogen (secondary N) is 1. The van der Waals surface area contributed by atoms with Crippen molar-refractivity contribution in [1.82, 2.24) is 20.1 Å². The Hall–Kier alpha value is -2.38. The number of amides is 1. The van der Waals surface area contributed by atoms with Crippen LogP contribution in [0.1, 0.15) is 18.5 Å². The minimum absolute atomic E-state index is 0.166. The monoisotopic (exact) mass is 390 g/mol. The van der Waals surface area contributed by atoms with Crippen molar-refractivity contribution in [3.63, 3.8) is 0 Å². The molecule has 26 heavy (non-hydrogen) atoms. The Balaban J connectivity index is 1.61. The molecule has 134 valence electrons. The summed E-state index contributed by atoms with van der Waals surface area (Å²) in [5.74, 6) is -0.334. The molecule has 3 aromatic rings. The fourth-order valence-electron chi connectivity index (χ4n) is 2.40. The van der Waals surface area contributed by atoms with E-state index in [4.69, 9.17) is 11.6 Å². The third-order valence-corrected chi connectivity index (χ3v) is 4.84. The average molecular weight is 391 g/mol. The molecule has 0 radical (unpaired) electrons. The van der Waals surface area contributed by atoms with E-state index in [1.165, 1.54) is 23.9 Å². The summed E-state index contributed by atoms with van der Waals surface area (Å²) < 4.78 is 15.1. The first kappa shape index (κ1) is 18.4. The SMILES string of the molecule is C[C@H](NC(=O)CSc1nncn1-c1cccc(Cl)c1)c1cccc(F)c1. The molecule has 1 heterocycles. The van der Waals surface area contributed by atoms with E-state index >= 15 is 0 Å². The van der Waals surface area contributed by atoms with Gasteiger partial charge in [0.1, 0.15) is 12.1 Å². The highest BCUT2D eigenvalue weighted by Crippen LogP contribution is 2.22. The number of benzene rings is 2. The number of hydrogen-bond acceptors (Lipinski definition) is 4. The molecule has 5 nitrogen and oxygen atoms in total. The molecular formula is C18H16ClFN4OS. The molecule has 8 heteroatoms. The maximum atomic E-state index is 13.3. The van der Waals surface area contributed by atoms with Gasteiger partial charge < -0.3 is 5.32 Å². The molecule has 2 aromatic carbocycles. The molecule has 1 aromatic heterocycles. The van der Waals surface area contributed by atoms with Crippen LogP contribution in [-0.2, 0) is 4.79 Å². The average Bonchev–Trinajstić information content (AvgIpc) is 3.08. The van der Waals surface area contributed by atoms with Crippen LogP contribution in [0, 0.1) is 5.82 Å². The van der Waals surface area contributed by atoms with Gasteiger partial charge in [-0.3, -0.25) is 9.36 Å². The summed E-state index contributed by atoms with van der Waals surface area (Å²) in [5.41, 5.74) is 1.53. The van der Waals surface area contributed by atoms with Gasteiger partial charge in [-0.1, -0.05) is 41.6 Å². The van der Waals surface area contributed by atoms with Crippen molar-refractivity contribution in [3.05, 3.63) is 71.3 Å². The molecule has 0 aliphatic carbocycles. The van der Waals surface area contributed by atoms with Gasteiger partial charge >= 0.3 is 0 Å². The zero-order chi connectivity index (χ0) is 18.5. The highest BCUT2D eigenvalue weighted by atomic mass is 35.5. The molecule has 0 unspecified atom stereocenters. The summed E-state index contributed by atoms with van der Waals surface area (Å²) >= 11 is 7.28. The Kier molecular flexibility index (Phi) is 5.90. The second-order valence-corrected chi connectivity index (χ2v) is 6.98. The van der Waals surface area contributed by atoms with Crippen molar-refractivity contribution >= 4 is 29.3 Å². The van der Waals surface area contributed by atoms with Crippen LogP contribution in [0.3, 0.4) is 0 Å². The van der Waals surface area contributed by atoms with Gasteiger partial charge in [0.05, 0.1) is 17.5 Å². The molecule has 0 aliphatic rings. The van der Waals surface area contributed by atoms with Crippen LogP contribution in [0.15, 0.2) is 60.0 Å². The number of thioether (sulfide) groups is 1. The smallest absolute Gasteiger partial charge is 0.230 e. The van der Waals surface area contributed by atoms with Crippen molar-refractivity contribution in [3.8, 4) is 5.69 Å². The van der Waals surface area contributed by atoms with Crippen molar-refractivity contribution in [2.24, 2.45) is 0 Å². The predicted molar refractivity (Wildman–Crippen MR) is 100 cm³/mol. The lowest BCUT2D eigenvalue weighted by molar-refractivity contribution is -0.119. The second kappa shape index (κ2) is 8.33. The highest BCUT2D eigenvalue weighted by molar-refractivity contribution is 7.99. The standard InChI is InChI=1S/C18H16ClFN4OS/c1-12(13-4-2-6-15(20)8-13)22-17(25)10-26-18-23-21-11-24(18)16-7-3-5-14(19)9-16/h2-9,11-12H,10H2,1H3,(H,22,25)/t12-/m0/s1. The van der Waals surface area contributed by atoms with Gasteiger partial charge in [0.2, 0.25) is 5.91 Å². The first-order chi connectivity index (χ1) is 12.5. The Bertz CT molecular complexity index is 917. The summed E-state index contributed by atoms with van der Waals surface area (Å²) in [7, 11) is 0. The summed E-state index contributed by atoms with van der Waals surface area (Å²) in [6, 6.07) is 13.2. The maximum absolute atomic E-state index is 13.3. The van der Waals surface area contributed by atoms with E-state index in [2.05, 4.69) is 15.5 Å². The molecule has 0 bridgehead atoms. The lowest BCUT2D eigenvalue weighted by Crippen LogP contribution is -2.28. The van der Waals surface area contributed by atoms with Crippen LogP contribution >= 0.6 is 23.4 Å². The van der Waals surface area contributed by atoms with Crippen LogP contribution in [0.5, 0.6) is 0 Å². The van der Waals surface area contributed by atoms with Crippen molar-refractivity contribution in [1.29, 1.82) is 0 Å². The number of hydrogen-bond donors (Lipinski definition) is 1. The fraction of sp³-hybridized carbons (Fsp3) is 0.167. The first-order valence-electron chi connectivity index (χ1n) is 7.86. The number of rotatable bonds is 6. The van der Waals surface area contributed by atoms with Crippen LogP contribution in [0.2, 0.25) is 5.02 Å². The zero-order valence-electron chi connectivity index (χ0n) is 13.9. The predicted octanol–water partition coefficient (Wildman–Crippen LogP) is 4.03. The zero-order valence-corrected chi connectivity index (χ0v) is 15.5. The number of nitrogens with zero attached hydrogens (tertiary/aromatic N) is 3. The van der Waals surface area contributed by atoms with E-state index in [9.17, 15) is 9.18 Å². The van der Waals surface area contributed by atoms with E-state index < -0.39 is 0 Å². The van der Waals surface area contributed by atoms with Crippen molar-refractivity contribution < 1.29 is 9.18 Å². The number of halogens is 2. The van der Waals surface area contributed by atoms with Gasteiger partial charge in [-0.2, -0.15) is 0 Å². The van der Waals surface area contributed by atoms with Crippen molar-refractivity contribution in [2.75, 3.05) is 5.75 Å². The Labute approximate surface area is 159 Å². The van der Waals surface area contributed by atoms with Crippen LogP contribution in [-0.4, -0.2) is 26.4 Å². The second-order valence-electron chi connectivity index (χ2n) is 5.60. The number of carbonyl (C=O) groups excluding carboxylic acids is 1. The molecule has 0 saturated carbocycles. The molecule has 0 fully saturated rings. The van der Waals surface area contributed by atoms with Gasteiger partial charge in [-0.25, -0.2) is 4.39 Å². The van der Waals surface area contributed by atoms with Gasteiger partial charge in [-0.05, 0) is 42.8 Å². The molecule has 0 spiro atoms. The summed E-state index contributed by atoms with van der Waals surface area (Å²) in [6.07, 6.45) is 1.57. The van der Waals surface area contributed by atoms with Crippen LogP contribution in [0.4, 0.5) is 4.39 Å². The van der Waals surface area contributed by atoms with E-state index in [1.807, 2.05) is 19.1 Å². The third kappa shape index (κ3) is 4.62.